The summed E-state index contributed by atoms with van der Waals surface area (Å²) in [7, 11) is 0. The van der Waals surface area contributed by atoms with E-state index in [1.807, 2.05) is 6.08 Å². The topological polar surface area (TPSA) is 58.7 Å². The van der Waals surface area contributed by atoms with Crippen LogP contribution >= 0.6 is 0 Å². The molecule has 0 amide bonds. The lowest BCUT2D eigenvalue weighted by atomic mass is 10.5. The summed E-state index contributed by atoms with van der Waals surface area (Å²) in [4.78, 5) is 7.77. The molecule has 0 fully saturated rings. The van der Waals surface area contributed by atoms with E-state index in [9.17, 15) is 0 Å². The number of ether oxygens (including phenoxy) is 1. The Kier molecular flexibility index (Phi) is 6.82. The predicted molar refractivity (Wildman–Crippen MR) is 64.4 cm³/mol. The molecule has 0 spiro atoms. The summed E-state index contributed by atoms with van der Waals surface area (Å²) in [6, 6.07) is 0. The summed E-state index contributed by atoms with van der Waals surface area (Å²) in [6.45, 7) is 0.465. The first-order valence-electron chi connectivity index (χ1n) is 4.68. The Morgan fingerprint density at radius 1 is 0.875 bits per heavy atom. The molecule has 0 aromatic carbocycles. The molecule has 5 nitrogen and oxygen atoms in total. The molecule has 16 heavy (non-hydrogen) atoms. The van der Waals surface area contributed by atoms with Gasteiger partial charge < -0.3 is 4.74 Å². The van der Waals surface area contributed by atoms with Crippen molar-refractivity contribution >= 4 is 12.6 Å². The highest BCUT2D eigenvalue weighted by atomic mass is 16.5. The lowest BCUT2D eigenvalue weighted by Crippen LogP contribution is -1.79. The van der Waals surface area contributed by atoms with Crippen LogP contribution in [0.25, 0.3) is 0 Å². The normalized spacial score (nSPS) is 16.5. The van der Waals surface area contributed by atoms with Gasteiger partial charge in [0.2, 0.25) is 0 Å². The predicted octanol–water partition coefficient (Wildman–Crippen LogP) is 2.62. The molecule has 1 rings (SSSR count). The van der Waals surface area contributed by atoms with Gasteiger partial charge in [0.05, 0.1) is 12.5 Å². The second-order valence-electron chi connectivity index (χ2n) is 2.52. The SMILES string of the molecule is C1=CC=NC=CN=NC=NC=CCOC=C1. The Balaban J connectivity index is 2.57. The van der Waals surface area contributed by atoms with Crippen LogP contribution in [0.2, 0.25) is 0 Å². The zero-order chi connectivity index (χ0) is 11.3. The molecule has 0 saturated heterocycles. The molecule has 82 valence electrons. The first kappa shape index (κ1) is 11.8. The Hall–Kier alpha value is -2.30. The quantitative estimate of drug-likeness (QED) is 0.614. The number of hydrogen-bond donors (Lipinski definition) is 0. The molecule has 1 heterocycles. The average molecular weight is 216 g/mol. The van der Waals surface area contributed by atoms with Crippen molar-refractivity contribution in [1.29, 1.82) is 0 Å². The number of azo groups is 1. The Labute approximate surface area is 94.0 Å². The number of hydrogen-bond acceptors (Lipinski definition) is 5. The molecule has 1 aliphatic rings. The van der Waals surface area contributed by atoms with E-state index in [1.54, 1.807) is 36.9 Å². The second kappa shape index (κ2) is 9.26. The minimum absolute atomic E-state index is 0.465. The highest BCUT2D eigenvalue weighted by Crippen LogP contribution is 1.84. The molecule has 0 aromatic rings. The van der Waals surface area contributed by atoms with Crippen molar-refractivity contribution < 1.29 is 4.74 Å². The van der Waals surface area contributed by atoms with Gasteiger partial charge in [0.1, 0.15) is 12.9 Å². The van der Waals surface area contributed by atoms with Crippen LogP contribution in [-0.2, 0) is 4.74 Å². The Bertz CT molecular complexity index is 339. The zero-order valence-electron chi connectivity index (χ0n) is 8.68. The summed E-state index contributed by atoms with van der Waals surface area (Å²) in [6.07, 6.45) is 16.3. The largest absolute Gasteiger partial charge is 0.497 e. The summed E-state index contributed by atoms with van der Waals surface area (Å²) < 4.78 is 5.13. The van der Waals surface area contributed by atoms with E-state index in [0.29, 0.717) is 6.61 Å². The Morgan fingerprint density at radius 2 is 1.88 bits per heavy atom. The van der Waals surface area contributed by atoms with Crippen LogP contribution in [0.15, 0.2) is 69.4 Å². The fraction of sp³-hybridized carbons (Fsp3) is 0.0909. The van der Waals surface area contributed by atoms with Crippen molar-refractivity contribution in [1.82, 2.24) is 0 Å². The standard InChI is InChI=1S/C11H12N4O/c1-2-5-12-7-8-14-15-11-13-6-4-10-16-9-3-1/h1-9,11H,10H2. The van der Waals surface area contributed by atoms with Crippen LogP contribution < -0.4 is 0 Å². The summed E-state index contributed by atoms with van der Waals surface area (Å²) in [5.74, 6) is 0. The van der Waals surface area contributed by atoms with E-state index < -0.39 is 0 Å². The van der Waals surface area contributed by atoms with Crippen LogP contribution in [0.1, 0.15) is 0 Å². The van der Waals surface area contributed by atoms with Crippen molar-refractivity contribution in [2.75, 3.05) is 6.61 Å². The average Bonchev–Trinajstić information content (AvgIpc) is 2.29. The van der Waals surface area contributed by atoms with Crippen LogP contribution in [-0.4, -0.2) is 19.2 Å². The molecule has 0 radical (unpaired) electrons. The summed E-state index contributed by atoms with van der Waals surface area (Å²) in [5, 5.41) is 7.33. The third-order valence-corrected chi connectivity index (χ3v) is 1.36. The van der Waals surface area contributed by atoms with E-state index in [2.05, 4.69) is 20.2 Å². The van der Waals surface area contributed by atoms with Crippen LogP contribution in [0.4, 0.5) is 0 Å². The summed E-state index contributed by atoms with van der Waals surface area (Å²) >= 11 is 0. The van der Waals surface area contributed by atoms with Gasteiger partial charge in [-0.05, 0) is 18.2 Å². The first-order valence-corrected chi connectivity index (χ1v) is 4.68. The van der Waals surface area contributed by atoms with Crippen molar-refractivity contribution in [2.45, 2.75) is 0 Å². The molecular weight excluding hydrogens is 204 g/mol. The van der Waals surface area contributed by atoms with Gasteiger partial charge in [-0.3, -0.25) is 4.99 Å². The van der Waals surface area contributed by atoms with E-state index in [-0.39, 0.29) is 0 Å². The maximum atomic E-state index is 5.13. The van der Waals surface area contributed by atoms with Gasteiger partial charge in [-0.15, -0.1) is 5.11 Å². The van der Waals surface area contributed by atoms with E-state index in [1.165, 1.54) is 18.7 Å². The van der Waals surface area contributed by atoms with E-state index in [0.717, 1.165) is 0 Å². The minimum atomic E-state index is 0.465. The molecule has 0 N–H and O–H groups in total. The van der Waals surface area contributed by atoms with Crippen LogP contribution in [0, 0.1) is 0 Å². The minimum Gasteiger partial charge on any atom is -0.497 e. The molecule has 0 unspecified atom stereocenters. The zero-order valence-corrected chi connectivity index (χ0v) is 8.68. The van der Waals surface area contributed by atoms with Crippen LogP contribution in [0.5, 0.6) is 0 Å². The highest BCUT2D eigenvalue weighted by Gasteiger charge is 1.73. The molecule has 0 aliphatic carbocycles. The molecule has 0 atom stereocenters. The Morgan fingerprint density at radius 3 is 2.88 bits per heavy atom. The van der Waals surface area contributed by atoms with Crippen molar-refractivity contribution in [3.8, 4) is 0 Å². The van der Waals surface area contributed by atoms with Gasteiger partial charge in [0, 0.05) is 18.6 Å². The van der Waals surface area contributed by atoms with Crippen molar-refractivity contribution in [2.24, 2.45) is 20.2 Å². The third-order valence-electron chi connectivity index (χ3n) is 1.36. The highest BCUT2D eigenvalue weighted by molar-refractivity contribution is 5.71. The number of nitrogens with zero attached hydrogens (tertiary/aromatic N) is 4. The molecule has 5 heteroatoms. The van der Waals surface area contributed by atoms with Crippen LogP contribution in [0.3, 0.4) is 0 Å². The second-order valence-corrected chi connectivity index (χ2v) is 2.52. The van der Waals surface area contributed by atoms with Gasteiger partial charge in [-0.25, -0.2) is 4.99 Å². The van der Waals surface area contributed by atoms with Gasteiger partial charge in [0.25, 0.3) is 0 Å². The van der Waals surface area contributed by atoms with E-state index in [4.69, 9.17) is 4.74 Å². The lowest BCUT2D eigenvalue weighted by Gasteiger charge is -1.90. The fourth-order valence-electron chi connectivity index (χ4n) is 0.734. The molecule has 0 aromatic heterocycles. The van der Waals surface area contributed by atoms with Gasteiger partial charge >= 0.3 is 0 Å². The fourth-order valence-corrected chi connectivity index (χ4v) is 0.734. The monoisotopic (exact) mass is 216 g/mol. The molecule has 0 saturated carbocycles. The van der Waals surface area contributed by atoms with Crippen molar-refractivity contribution in [3.05, 3.63) is 49.2 Å². The smallest absolute Gasteiger partial charge is 0.137 e. The number of allylic oxidation sites excluding steroid dienone is 3. The number of rotatable bonds is 0. The van der Waals surface area contributed by atoms with Gasteiger partial charge in [0.15, 0.2) is 0 Å². The first-order chi connectivity index (χ1) is 8.00. The lowest BCUT2D eigenvalue weighted by molar-refractivity contribution is 0.289. The van der Waals surface area contributed by atoms with Gasteiger partial charge in [-0.2, -0.15) is 5.11 Å². The van der Waals surface area contributed by atoms with E-state index >= 15 is 0 Å². The third kappa shape index (κ3) is 7.14. The maximum absolute atomic E-state index is 5.13. The van der Waals surface area contributed by atoms with Crippen molar-refractivity contribution in [3.63, 3.8) is 0 Å². The maximum Gasteiger partial charge on any atom is 0.137 e. The number of aliphatic imine (C=N–C) groups is 2. The molecular formula is C11H12N4O. The summed E-state index contributed by atoms with van der Waals surface area (Å²) in [5.41, 5.74) is 0. The molecule has 1 aliphatic heterocycles. The molecule has 0 bridgehead atoms. The van der Waals surface area contributed by atoms with Gasteiger partial charge in [-0.1, -0.05) is 6.08 Å².